The zero-order valence-corrected chi connectivity index (χ0v) is 12.2. The second-order valence-electron chi connectivity index (χ2n) is 5.32. The van der Waals surface area contributed by atoms with Gasteiger partial charge in [-0.15, -0.1) is 0 Å². The first-order chi connectivity index (χ1) is 9.31. The van der Waals surface area contributed by atoms with Crippen LogP contribution >= 0.6 is 0 Å². The van der Waals surface area contributed by atoms with E-state index >= 15 is 0 Å². The lowest BCUT2D eigenvalue weighted by atomic mass is 10.1. The summed E-state index contributed by atoms with van der Waals surface area (Å²) in [7, 11) is 0. The first-order valence-electron chi connectivity index (χ1n) is 7.45. The van der Waals surface area contributed by atoms with E-state index in [-0.39, 0.29) is 0 Å². The molecule has 0 bridgehead atoms. The van der Waals surface area contributed by atoms with E-state index in [1.54, 1.807) is 0 Å². The fourth-order valence-corrected chi connectivity index (χ4v) is 2.48. The molecule has 1 aliphatic heterocycles. The van der Waals surface area contributed by atoms with Gasteiger partial charge in [-0.3, -0.25) is 0 Å². The van der Waals surface area contributed by atoms with Crippen LogP contribution in [-0.2, 0) is 11.3 Å². The van der Waals surface area contributed by atoms with Gasteiger partial charge in [0.1, 0.15) is 0 Å². The molecule has 0 saturated heterocycles. The summed E-state index contributed by atoms with van der Waals surface area (Å²) in [5, 5.41) is 3.56. The maximum Gasteiger partial charge on any atom is 0.0641 e. The van der Waals surface area contributed by atoms with Crippen LogP contribution in [0.2, 0.25) is 0 Å². The second-order valence-corrected chi connectivity index (χ2v) is 5.32. The fourth-order valence-electron chi connectivity index (χ4n) is 2.48. The van der Waals surface area contributed by atoms with E-state index in [4.69, 9.17) is 4.74 Å². The van der Waals surface area contributed by atoms with Gasteiger partial charge in [-0.05, 0) is 25.0 Å². The van der Waals surface area contributed by atoms with Crippen LogP contribution < -0.4 is 10.2 Å². The molecule has 1 aromatic carbocycles. The van der Waals surface area contributed by atoms with Crippen LogP contribution in [0.5, 0.6) is 0 Å². The average molecular weight is 262 g/mol. The summed E-state index contributed by atoms with van der Waals surface area (Å²) in [6.45, 7) is 9.14. The Kier molecular flexibility index (Phi) is 5.67. The van der Waals surface area contributed by atoms with Crippen LogP contribution in [0.15, 0.2) is 24.3 Å². The number of nitrogens with one attached hydrogen (secondary N) is 1. The zero-order valence-electron chi connectivity index (χ0n) is 12.2. The summed E-state index contributed by atoms with van der Waals surface area (Å²) in [4.78, 5) is 2.45. The molecule has 0 spiro atoms. The molecule has 1 aliphatic rings. The summed E-state index contributed by atoms with van der Waals surface area (Å²) in [6.07, 6.45) is 2.36. The molecular formula is C16H26N2O. The number of para-hydroxylation sites is 1. The molecule has 19 heavy (non-hydrogen) atoms. The lowest BCUT2D eigenvalue weighted by molar-refractivity contribution is 0.137. The Morgan fingerprint density at radius 1 is 1.32 bits per heavy atom. The Balaban J connectivity index is 1.93. The van der Waals surface area contributed by atoms with Crippen molar-refractivity contribution in [2.45, 2.75) is 39.3 Å². The van der Waals surface area contributed by atoms with Crippen LogP contribution in [0, 0.1) is 0 Å². The minimum atomic E-state index is 0.517. The molecule has 3 heteroatoms. The highest BCUT2D eigenvalue weighted by Gasteiger charge is 2.17. The van der Waals surface area contributed by atoms with Crippen molar-refractivity contribution in [2.24, 2.45) is 0 Å². The standard InChI is InChI=1S/C16H26N2O/c1-3-4-10-19-11-9-18-13-14(2)17-12-15-7-5-6-8-16(15)18/h5-8,14,17H,3-4,9-13H2,1-2H3. The van der Waals surface area contributed by atoms with Crippen LogP contribution in [0.1, 0.15) is 32.3 Å². The van der Waals surface area contributed by atoms with Gasteiger partial charge in [0.2, 0.25) is 0 Å². The number of benzene rings is 1. The summed E-state index contributed by atoms with van der Waals surface area (Å²) in [5.41, 5.74) is 2.75. The monoisotopic (exact) mass is 262 g/mol. The van der Waals surface area contributed by atoms with Crippen molar-refractivity contribution in [3.8, 4) is 0 Å². The summed E-state index contributed by atoms with van der Waals surface area (Å²) in [5.74, 6) is 0. The number of fused-ring (bicyclic) bond motifs is 1. The maximum absolute atomic E-state index is 5.71. The third kappa shape index (κ3) is 4.22. The Morgan fingerprint density at radius 2 is 2.16 bits per heavy atom. The molecule has 0 fully saturated rings. The lowest BCUT2D eigenvalue weighted by Crippen LogP contribution is -2.37. The predicted molar refractivity (Wildman–Crippen MR) is 80.7 cm³/mol. The van der Waals surface area contributed by atoms with E-state index < -0.39 is 0 Å². The number of rotatable bonds is 6. The first-order valence-corrected chi connectivity index (χ1v) is 7.45. The van der Waals surface area contributed by atoms with Crippen LogP contribution in [0.3, 0.4) is 0 Å². The largest absolute Gasteiger partial charge is 0.380 e. The van der Waals surface area contributed by atoms with E-state index in [1.807, 2.05) is 0 Å². The number of ether oxygens (including phenoxy) is 1. The molecule has 1 aromatic rings. The van der Waals surface area contributed by atoms with E-state index in [0.29, 0.717) is 6.04 Å². The van der Waals surface area contributed by atoms with Gasteiger partial charge in [-0.25, -0.2) is 0 Å². The van der Waals surface area contributed by atoms with Gasteiger partial charge in [0, 0.05) is 38.0 Å². The Morgan fingerprint density at radius 3 is 3.00 bits per heavy atom. The van der Waals surface area contributed by atoms with E-state index in [9.17, 15) is 0 Å². The van der Waals surface area contributed by atoms with Gasteiger partial charge < -0.3 is 15.0 Å². The van der Waals surface area contributed by atoms with Crippen LogP contribution in [-0.4, -0.2) is 32.3 Å². The van der Waals surface area contributed by atoms with Crippen molar-refractivity contribution in [1.29, 1.82) is 0 Å². The Hall–Kier alpha value is -1.06. The summed E-state index contributed by atoms with van der Waals surface area (Å²) >= 11 is 0. The lowest BCUT2D eigenvalue weighted by Gasteiger charge is -2.26. The number of unbranched alkanes of at least 4 members (excludes halogenated alkanes) is 1. The number of anilines is 1. The van der Waals surface area contributed by atoms with Crippen molar-refractivity contribution < 1.29 is 4.74 Å². The molecule has 3 nitrogen and oxygen atoms in total. The predicted octanol–water partition coefficient (Wildman–Crippen LogP) is 2.80. The van der Waals surface area contributed by atoms with E-state index in [2.05, 4.69) is 48.3 Å². The van der Waals surface area contributed by atoms with Gasteiger partial charge in [-0.1, -0.05) is 31.5 Å². The molecule has 0 amide bonds. The third-order valence-electron chi connectivity index (χ3n) is 3.62. The third-order valence-corrected chi connectivity index (χ3v) is 3.62. The Bertz CT molecular complexity index is 381. The molecule has 0 radical (unpaired) electrons. The van der Waals surface area contributed by atoms with E-state index in [0.717, 1.165) is 39.3 Å². The normalized spacial score (nSPS) is 19.1. The molecule has 0 saturated carbocycles. The maximum atomic E-state index is 5.71. The molecule has 106 valence electrons. The molecule has 1 heterocycles. The molecule has 0 aromatic heterocycles. The van der Waals surface area contributed by atoms with Gasteiger partial charge in [0.15, 0.2) is 0 Å². The highest BCUT2D eigenvalue weighted by Crippen LogP contribution is 2.22. The fraction of sp³-hybridized carbons (Fsp3) is 0.625. The van der Waals surface area contributed by atoms with Gasteiger partial charge >= 0.3 is 0 Å². The summed E-state index contributed by atoms with van der Waals surface area (Å²) < 4.78 is 5.71. The summed E-state index contributed by atoms with van der Waals surface area (Å²) in [6, 6.07) is 9.20. The minimum absolute atomic E-state index is 0.517. The van der Waals surface area contributed by atoms with Crippen molar-refractivity contribution >= 4 is 5.69 Å². The van der Waals surface area contributed by atoms with Crippen molar-refractivity contribution in [1.82, 2.24) is 5.32 Å². The van der Waals surface area contributed by atoms with Crippen molar-refractivity contribution in [3.63, 3.8) is 0 Å². The van der Waals surface area contributed by atoms with Crippen LogP contribution in [0.4, 0.5) is 5.69 Å². The molecular weight excluding hydrogens is 236 g/mol. The van der Waals surface area contributed by atoms with Gasteiger partial charge in [0.25, 0.3) is 0 Å². The van der Waals surface area contributed by atoms with Gasteiger partial charge in [-0.2, -0.15) is 0 Å². The number of nitrogens with zero attached hydrogens (tertiary/aromatic N) is 1. The quantitative estimate of drug-likeness (QED) is 0.798. The zero-order chi connectivity index (χ0) is 13.5. The highest BCUT2D eigenvalue weighted by atomic mass is 16.5. The highest BCUT2D eigenvalue weighted by molar-refractivity contribution is 5.54. The average Bonchev–Trinajstić information content (AvgIpc) is 2.59. The van der Waals surface area contributed by atoms with Crippen LogP contribution in [0.25, 0.3) is 0 Å². The topological polar surface area (TPSA) is 24.5 Å². The molecule has 1 atom stereocenters. The van der Waals surface area contributed by atoms with Crippen molar-refractivity contribution in [3.05, 3.63) is 29.8 Å². The second kappa shape index (κ2) is 7.51. The molecule has 1 N–H and O–H groups in total. The smallest absolute Gasteiger partial charge is 0.0641 e. The SMILES string of the molecule is CCCCOCCN1CC(C)NCc2ccccc21. The van der Waals surface area contributed by atoms with Gasteiger partial charge in [0.05, 0.1) is 6.61 Å². The first kappa shape index (κ1) is 14.4. The number of hydrogen-bond acceptors (Lipinski definition) is 3. The number of hydrogen-bond donors (Lipinski definition) is 1. The Labute approximate surface area is 116 Å². The molecule has 0 aliphatic carbocycles. The minimum Gasteiger partial charge on any atom is -0.380 e. The van der Waals surface area contributed by atoms with Crippen molar-refractivity contribution in [2.75, 3.05) is 31.2 Å². The molecule has 2 rings (SSSR count). The van der Waals surface area contributed by atoms with E-state index in [1.165, 1.54) is 17.7 Å². The molecule has 1 unspecified atom stereocenters.